The number of nitrogens with zero attached hydrogens (tertiary/aromatic N) is 1. The molecule has 7 nitrogen and oxygen atoms in total. The van der Waals surface area contributed by atoms with E-state index in [1.807, 2.05) is 52.0 Å². The van der Waals surface area contributed by atoms with Crippen LogP contribution < -0.4 is 19.1 Å². The van der Waals surface area contributed by atoms with Crippen molar-refractivity contribution in [1.29, 1.82) is 0 Å². The first-order chi connectivity index (χ1) is 16.6. The molecule has 35 heavy (non-hydrogen) atoms. The van der Waals surface area contributed by atoms with Crippen molar-refractivity contribution in [3.63, 3.8) is 0 Å². The summed E-state index contributed by atoms with van der Waals surface area (Å²) in [5.41, 5.74) is 4.45. The minimum atomic E-state index is -3.89. The second kappa shape index (κ2) is 10.00. The molecule has 3 aromatic carbocycles. The van der Waals surface area contributed by atoms with Crippen molar-refractivity contribution < 1.29 is 22.7 Å². The highest BCUT2D eigenvalue weighted by molar-refractivity contribution is 7.92. The average Bonchev–Trinajstić information content (AvgIpc) is 2.82. The van der Waals surface area contributed by atoms with Crippen molar-refractivity contribution in [2.24, 2.45) is 0 Å². The Hall–Kier alpha value is -3.52. The van der Waals surface area contributed by atoms with Gasteiger partial charge < -0.3 is 14.8 Å². The molecule has 4 rings (SSSR count). The lowest BCUT2D eigenvalue weighted by atomic mass is 10.1. The summed E-state index contributed by atoms with van der Waals surface area (Å²) in [6, 6.07) is 17.9. The molecular formula is C27H30N2O5S. The van der Waals surface area contributed by atoms with E-state index in [2.05, 4.69) is 5.32 Å². The predicted molar refractivity (Wildman–Crippen MR) is 136 cm³/mol. The van der Waals surface area contributed by atoms with Crippen molar-refractivity contribution in [1.82, 2.24) is 5.32 Å². The Morgan fingerprint density at radius 3 is 2.34 bits per heavy atom. The monoisotopic (exact) mass is 494 g/mol. The molecule has 8 heteroatoms. The quantitative estimate of drug-likeness (QED) is 0.501. The number of hydrogen-bond donors (Lipinski definition) is 1. The van der Waals surface area contributed by atoms with Crippen LogP contribution in [0.5, 0.6) is 11.5 Å². The van der Waals surface area contributed by atoms with Crippen LogP contribution in [-0.2, 0) is 14.8 Å². The number of carbonyl (C=O) groups excluding carboxylic acids is 1. The molecular weight excluding hydrogens is 464 g/mol. The van der Waals surface area contributed by atoms with Gasteiger partial charge >= 0.3 is 0 Å². The van der Waals surface area contributed by atoms with Gasteiger partial charge in [-0.3, -0.25) is 9.10 Å². The largest absolute Gasteiger partial charge is 0.491 e. The highest BCUT2D eigenvalue weighted by atomic mass is 32.2. The second-order valence-corrected chi connectivity index (χ2v) is 10.7. The van der Waals surface area contributed by atoms with Crippen LogP contribution in [0.15, 0.2) is 65.6 Å². The fourth-order valence-electron chi connectivity index (χ4n) is 3.97. The van der Waals surface area contributed by atoms with Crippen LogP contribution in [0.2, 0.25) is 0 Å². The van der Waals surface area contributed by atoms with Gasteiger partial charge in [0.2, 0.25) is 0 Å². The van der Waals surface area contributed by atoms with E-state index in [1.54, 1.807) is 36.4 Å². The first-order valence-corrected chi connectivity index (χ1v) is 12.9. The molecule has 1 atom stereocenters. The summed E-state index contributed by atoms with van der Waals surface area (Å²) in [5.74, 6) is 0.725. The molecule has 1 unspecified atom stereocenters. The summed E-state index contributed by atoms with van der Waals surface area (Å²) in [6.45, 7) is 8.18. The fourth-order valence-corrected chi connectivity index (χ4v) is 5.45. The molecule has 0 saturated carbocycles. The third-order valence-electron chi connectivity index (χ3n) is 5.88. The van der Waals surface area contributed by atoms with Gasteiger partial charge in [-0.2, -0.15) is 0 Å². The number of anilines is 1. The van der Waals surface area contributed by atoms with Gasteiger partial charge in [-0.15, -0.1) is 0 Å². The molecule has 1 amide bonds. The molecule has 0 aliphatic carbocycles. The Kier molecular flexibility index (Phi) is 7.03. The predicted octanol–water partition coefficient (Wildman–Crippen LogP) is 4.07. The molecule has 1 aliphatic rings. The number of rotatable bonds is 7. The number of carbonyl (C=O) groups is 1. The minimum absolute atomic E-state index is 0.129. The van der Waals surface area contributed by atoms with Gasteiger partial charge in [-0.25, -0.2) is 8.42 Å². The van der Waals surface area contributed by atoms with Gasteiger partial charge in [0, 0.05) is 0 Å². The van der Waals surface area contributed by atoms with E-state index < -0.39 is 22.0 Å². The van der Waals surface area contributed by atoms with Crippen LogP contribution >= 0.6 is 0 Å². The Bertz CT molecular complexity index is 1340. The summed E-state index contributed by atoms with van der Waals surface area (Å²) in [6.07, 6.45) is -0.995. The number of benzene rings is 3. The zero-order valence-corrected chi connectivity index (χ0v) is 21.2. The lowest BCUT2D eigenvalue weighted by molar-refractivity contribution is -0.127. The minimum Gasteiger partial charge on any atom is -0.491 e. The molecule has 3 aromatic rings. The molecule has 184 valence electrons. The summed E-state index contributed by atoms with van der Waals surface area (Å²) >= 11 is 0. The second-order valence-electron chi connectivity index (χ2n) is 8.84. The van der Waals surface area contributed by atoms with E-state index in [9.17, 15) is 13.2 Å². The summed E-state index contributed by atoms with van der Waals surface area (Å²) in [5, 5.41) is 2.81. The van der Waals surface area contributed by atoms with Crippen LogP contribution in [0, 0.1) is 27.7 Å². The lowest BCUT2D eigenvalue weighted by Gasteiger charge is -2.35. The van der Waals surface area contributed by atoms with Gasteiger partial charge in [0.25, 0.3) is 15.9 Å². The average molecular weight is 495 g/mol. The summed E-state index contributed by atoms with van der Waals surface area (Å²) in [7, 11) is -3.89. The number of ether oxygens (including phenoxy) is 2. The van der Waals surface area contributed by atoms with Crippen molar-refractivity contribution in [2.75, 3.05) is 24.0 Å². The molecule has 0 fully saturated rings. The topological polar surface area (TPSA) is 84.9 Å². The van der Waals surface area contributed by atoms with Crippen molar-refractivity contribution in [2.45, 2.75) is 38.7 Å². The summed E-state index contributed by atoms with van der Waals surface area (Å²) < 4.78 is 40.0. The summed E-state index contributed by atoms with van der Waals surface area (Å²) in [4.78, 5) is 13.1. The SMILES string of the molecule is Cc1ccc(S(=O)(=O)N2CC(C(=O)NCCOc3ccc(C)cc3C)Oc3cc(C)ccc32)cc1. The lowest BCUT2D eigenvalue weighted by Crippen LogP contribution is -2.51. The Labute approximate surface area is 206 Å². The van der Waals surface area contributed by atoms with Crippen LogP contribution in [-0.4, -0.2) is 40.1 Å². The maximum Gasteiger partial charge on any atom is 0.264 e. The van der Waals surface area contributed by atoms with Crippen LogP contribution in [0.1, 0.15) is 22.3 Å². The Morgan fingerprint density at radius 1 is 0.971 bits per heavy atom. The number of hydrogen-bond acceptors (Lipinski definition) is 5. The van der Waals surface area contributed by atoms with E-state index >= 15 is 0 Å². The Balaban J connectivity index is 1.48. The number of amides is 1. The van der Waals surface area contributed by atoms with E-state index in [0.29, 0.717) is 11.4 Å². The third kappa shape index (κ3) is 5.43. The van der Waals surface area contributed by atoms with E-state index in [1.165, 1.54) is 4.31 Å². The highest BCUT2D eigenvalue weighted by Gasteiger charge is 2.37. The number of aryl methyl sites for hydroxylation is 4. The standard InChI is InChI=1S/C27H30N2O5S/c1-18-5-9-22(10-6-18)35(31,32)29-17-26(34-25-16-20(3)7-11-23(25)29)27(30)28-13-14-33-24-12-8-19(2)15-21(24)4/h5-12,15-16,26H,13-14,17H2,1-4H3,(H,28,30). The zero-order chi connectivity index (χ0) is 25.2. The van der Waals surface area contributed by atoms with Gasteiger partial charge in [0.15, 0.2) is 6.10 Å². The molecule has 1 heterocycles. The molecule has 0 radical (unpaired) electrons. The Morgan fingerprint density at radius 2 is 1.63 bits per heavy atom. The zero-order valence-electron chi connectivity index (χ0n) is 20.4. The maximum absolute atomic E-state index is 13.5. The van der Waals surface area contributed by atoms with Crippen LogP contribution in [0.25, 0.3) is 0 Å². The van der Waals surface area contributed by atoms with Gasteiger partial charge in [0.05, 0.1) is 23.7 Å². The van der Waals surface area contributed by atoms with E-state index in [-0.39, 0.29) is 24.6 Å². The number of nitrogens with one attached hydrogen (secondary N) is 1. The molecule has 1 aliphatic heterocycles. The van der Waals surface area contributed by atoms with Gasteiger partial charge in [-0.05, 0) is 69.2 Å². The van der Waals surface area contributed by atoms with Gasteiger partial charge in [-0.1, -0.05) is 41.5 Å². The molecule has 0 saturated heterocycles. The van der Waals surface area contributed by atoms with E-state index in [4.69, 9.17) is 9.47 Å². The first kappa shape index (κ1) is 24.6. The third-order valence-corrected chi connectivity index (χ3v) is 7.67. The molecule has 0 aromatic heterocycles. The van der Waals surface area contributed by atoms with E-state index in [0.717, 1.165) is 28.0 Å². The van der Waals surface area contributed by atoms with Gasteiger partial charge in [0.1, 0.15) is 18.1 Å². The molecule has 0 bridgehead atoms. The first-order valence-electron chi connectivity index (χ1n) is 11.5. The molecule has 0 spiro atoms. The molecule has 1 N–H and O–H groups in total. The maximum atomic E-state index is 13.5. The van der Waals surface area contributed by atoms with Crippen molar-refractivity contribution in [3.05, 3.63) is 82.9 Å². The normalized spacial score (nSPS) is 15.2. The van der Waals surface area contributed by atoms with Crippen molar-refractivity contribution >= 4 is 21.6 Å². The fraction of sp³-hybridized carbons (Fsp3) is 0.296. The van der Waals surface area contributed by atoms with Crippen LogP contribution in [0.3, 0.4) is 0 Å². The number of sulfonamides is 1. The van der Waals surface area contributed by atoms with Crippen LogP contribution in [0.4, 0.5) is 5.69 Å². The highest BCUT2D eigenvalue weighted by Crippen LogP contribution is 2.37. The smallest absolute Gasteiger partial charge is 0.264 e. The number of fused-ring (bicyclic) bond motifs is 1. The van der Waals surface area contributed by atoms with Crippen molar-refractivity contribution in [3.8, 4) is 11.5 Å².